The van der Waals surface area contributed by atoms with Crippen molar-refractivity contribution in [2.75, 3.05) is 13.6 Å². The molecule has 0 amide bonds. The fraction of sp³-hybridized carbons (Fsp3) is 0.400. The molecule has 2 aromatic carbocycles. The van der Waals surface area contributed by atoms with Gasteiger partial charge in [-0.2, -0.15) is 5.10 Å². The summed E-state index contributed by atoms with van der Waals surface area (Å²) in [5, 5.41) is 23.2. The van der Waals surface area contributed by atoms with Gasteiger partial charge in [0.25, 0.3) is 0 Å². The molecule has 174 valence electrons. The van der Waals surface area contributed by atoms with E-state index in [0.717, 1.165) is 37.7 Å². The van der Waals surface area contributed by atoms with Crippen LogP contribution in [0.1, 0.15) is 44.6 Å². The molecule has 8 heteroatoms. The lowest BCUT2D eigenvalue weighted by molar-refractivity contribution is -0.148. The zero-order valence-electron chi connectivity index (χ0n) is 18.9. The zero-order chi connectivity index (χ0) is 23.3. The Bertz CT molecular complexity index is 1020. The smallest absolute Gasteiger partial charge is 0.173 e. The van der Waals surface area contributed by atoms with E-state index in [1.807, 2.05) is 43.3 Å². The predicted octanol–water partition coefficient (Wildman–Crippen LogP) is 5.27. The number of benzene rings is 2. The van der Waals surface area contributed by atoms with E-state index in [0.29, 0.717) is 22.2 Å². The van der Waals surface area contributed by atoms with Gasteiger partial charge in [0.15, 0.2) is 11.2 Å². The molecule has 1 atom stereocenters. The summed E-state index contributed by atoms with van der Waals surface area (Å²) in [5.41, 5.74) is -0.845. The lowest BCUT2D eigenvalue weighted by atomic mass is 9.69. The van der Waals surface area contributed by atoms with Gasteiger partial charge in [-0.15, -0.1) is 0 Å². The second kappa shape index (κ2) is 9.93. The maximum Gasteiger partial charge on any atom is 0.173 e. The van der Waals surface area contributed by atoms with Crippen LogP contribution in [0.5, 0.6) is 11.5 Å². The number of rotatable bonds is 7. The average molecular weight is 469 g/mol. The van der Waals surface area contributed by atoms with Gasteiger partial charge in [-0.1, -0.05) is 23.2 Å². The highest BCUT2D eigenvalue weighted by atomic mass is 35.5. The second-order valence-electron chi connectivity index (χ2n) is 8.37. The molecule has 0 bridgehead atoms. The summed E-state index contributed by atoms with van der Waals surface area (Å²) < 4.78 is 5.90. The summed E-state index contributed by atoms with van der Waals surface area (Å²) in [6.07, 6.45) is 7.85. The number of oxime groups is 1. The first-order chi connectivity index (χ1) is 16.0. The molecule has 1 aliphatic heterocycles. The Kier molecular flexibility index (Phi) is 7.00. The van der Waals surface area contributed by atoms with Gasteiger partial charge in [0.1, 0.15) is 23.5 Å². The number of hydrogen-bond acceptors (Lipinski definition) is 6. The van der Waals surface area contributed by atoms with Crippen LogP contribution in [0.3, 0.4) is 0 Å². The van der Waals surface area contributed by atoms with Crippen molar-refractivity contribution in [1.82, 2.24) is 5.01 Å². The molecule has 1 aliphatic carbocycles. The molecule has 7 nitrogen and oxygen atoms in total. The molecule has 1 fully saturated rings. The van der Waals surface area contributed by atoms with Crippen molar-refractivity contribution in [3.05, 3.63) is 59.1 Å². The predicted molar refractivity (Wildman–Crippen MR) is 132 cm³/mol. The minimum Gasteiger partial charge on any atom is -0.457 e. The largest absolute Gasteiger partial charge is 0.457 e. The highest BCUT2D eigenvalue weighted by Crippen LogP contribution is 2.46. The van der Waals surface area contributed by atoms with E-state index in [1.54, 1.807) is 36.7 Å². The van der Waals surface area contributed by atoms with Crippen molar-refractivity contribution in [3.8, 4) is 11.5 Å². The first-order valence-electron chi connectivity index (χ1n) is 11.2. The molecule has 2 aromatic rings. The van der Waals surface area contributed by atoms with Crippen LogP contribution >= 0.6 is 11.6 Å². The number of nitrogens with zero attached hydrogens (tertiary/aromatic N) is 4. The number of aliphatic imine (C=N–C) groups is 1. The molecule has 0 radical (unpaired) electrons. The fourth-order valence-electron chi connectivity index (χ4n) is 4.59. The van der Waals surface area contributed by atoms with E-state index in [4.69, 9.17) is 21.2 Å². The van der Waals surface area contributed by atoms with Crippen LogP contribution in [-0.2, 0) is 4.84 Å². The molecule has 0 aromatic heterocycles. The number of aliphatic hydroxyl groups is 1. The molecule has 1 heterocycles. The first-order valence-corrected chi connectivity index (χ1v) is 11.6. The maximum absolute atomic E-state index is 12.2. The fourth-order valence-corrected chi connectivity index (χ4v) is 4.71. The quantitative estimate of drug-likeness (QED) is 0.341. The number of hydrazone groups is 1. The molecule has 33 heavy (non-hydrogen) atoms. The number of halogens is 1. The number of ether oxygens (including phenoxy) is 1. The molecule has 1 unspecified atom stereocenters. The molecular weight excluding hydrogens is 440 g/mol. The monoisotopic (exact) mass is 468 g/mol. The molecule has 1 spiro atoms. The topological polar surface area (TPSA) is 79.0 Å². The molecule has 0 saturated heterocycles. The zero-order valence-corrected chi connectivity index (χ0v) is 19.7. The highest BCUT2D eigenvalue weighted by Gasteiger charge is 2.61. The lowest BCUT2D eigenvalue weighted by Gasteiger charge is -2.43. The summed E-state index contributed by atoms with van der Waals surface area (Å²) in [7, 11) is 1.68. The maximum atomic E-state index is 12.2. The van der Waals surface area contributed by atoms with Crippen molar-refractivity contribution in [3.63, 3.8) is 0 Å². The van der Waals surface area contributed by atoms with Crippen LogP contribution < -0.4 is 4.74 Å². The van der Waals surface area contributed by atoms with Gasteiger partial charge >= 0.3 is 0 Å². The molecule has 1 N–H and O–H groups in total. The highest BCUT2D eigenvalue weighted by molar-refractivity contribution is 6.30. The van der Waals surface area contributed by atoms with Crippen molar-refractivity contribution in [1.29, 1.82) is 0 Å². The Morgan fingerprint density at radius 2 is 1.73 bits per heavy atom. The van der Waals surface area contributed by atoms with Crippen LogP contribution in [0.25, 0.3) is 0 Å². The minimum atomic E-state index is -1.35. The lowest BCUT2D eigenvalue weighted by Crippen LogP contribution is -2.62. The minimum absolute atomic E-state index is 0.191. The third-order valence-corrected chi connectivity index (χ3v) is 6.45. The normalized spacial score (nSPS) is 22.0. The number of hydrogen-bond donors (Lipinski definition) is 1. The van der Waals surface area contributed by atoms with Gasteiger partial charge < -0.3 is 14.7 Å². The average Bonchev–Trinajstić information content (AvgIpc) is 3.08. The van der Waals surface area contributed by atoms with Crippen molar-refractivity contribution in [2.45, 2.75) is 50.2 Å². The van der Waals surface area contributed by atoms with Crippen LogP contribution in [-0.4, -0.2) is 53.2 Å². The Morgan fingerprint density at radius 3 is 2.33 bits per heavy atom. The SMILES string of the molecule is C/C=N\N(/C=N/C)CC1(O)C(c2ccc(Oc3ccc(Cl)cc3)cc2)=NOC12CCCCC2. The summed E-state index contributed by atoms with van der Waals surface area (Å²) in [6, 6.07) is 14.7. The Labute approximate surface area is 199 Å². The van der Waals surface area contributed by atoms with Crippen molar-refractivity contribution in [2.24, 2.45) is 15.2 Å². The van der Waals surface area contributed by atoms with E-state index in [1.165, 1.54) is 0 Å². The molecule has 1 saturated carbocycles. The first kappa shape index (κ1) is 23.3. The van der Waals surface area contributed by atoms with Gasteiger partial charge in [0.2, 0.25) is 0 Å². The summed E-state index contributed by atoms with van der Waals surface area (Å²) in [6.45, 7) is 2.02. The van der Waals surface area contributed by atoms with Crippen molar-refractivity contribution < 1.29 is 14.7 Å². The Morgan fingerprint density at radius 1 is 1.09 bits per heavy atom. The van der Waals surface area contributed by atoms with E-state index in [9.17, 15) is 5.11 Å². The second-order valence-corrected chi connectivity index (χ2v) is 8.81. The van der Waals surface area contributed by atoms with Gasteiger partial charge in [0, 0.05) is 23.8 Å². The summed E-state index contributed by atoms with van der Waals surface area (Å²) in [5.74, 6) is 1.37. The van der Waals surface area contributed by atoms with E-state index < -0.39 is 11.2 Å². The standard InChI is InChI=1S/C25H29ClN4O3/c1-3-28-30(18-27-2)17-25(31)23(29-33-24(25)15-5-4-6-16-24)19-7-11-21(12-8-19)32-22-13-9-20(26)10-14-22/h3,7-14,18,31H,4-6,15-17H2,1-2H3/b27-18+,28-3-. The van der Waals surface area contributed by atoms with Crippen LogP contribution in [0.2, 0.25) is 5.02 Å². The van der Waals surface area contributed by atoms with Gasteiger partial charge in [-0.05, 0) is 81.1 Å². The Balaban J connectivity index is 1.62. The van der Waals surface area contributed by atoms with Crippen LogP contribution in [0, 0.1) is 0 Å². The molecular formula is C25H29ClN4O3. The molecule has 4 rings (SSSR count). The van der Waals surface area contributed by atoms with Crippen molar-refractivity contribution >= 4 is 29.9 Å². The Hall–Kier alpha value is -2.90. The summed E-state index contributed by atoms with van der Waals surface area (Å²) in [4.78, 5) is 10.1. The van der Waals surface area contributed by atoms with Crippen LogP contribution in [0.4, 0.5) is 0 Å². The van der Waals surface area contributed by atoms with E-state index >= 15 is 0 Å². The van der Waals surface area contributed by atoms with Crippen LogP contribution in [0.15, 0.2) is 63.8 Å². The van der Waals surface area contributed by atoms with E-state index in [2.05, 4.69) is 15.2 Å². The molecule has 2 aliphatic rings. The van der Waals surface area contributed by atoms with Gasteiger partial charge in [0.05, 0.1) is 6.54 Å². The third-order valence-electron chi connectivity index (χ3n) is 6.20. The van der Waals surface area contributed by atoms with Gasteiger partial charge in [-0.3, -0.25) is 10.0 Å². The van der Waals surface area contributed by atoms with E-state index in [-0.39, 0.29) is 6.54 Å². The summed E-state index contributed by atoms with van der Waals surface area (Å²) >= 11 is 5.95. The third kappa shape index (κ3) is 4.75. The van der Waals surface area contributed by atoms with Gasteiger partial charge in [-0.25, -0.2) is 0 Å².